The van der Waals surface area contributed by atoms with Gasteiger partial charge in [-0.05, 0) is 13.5 Å². The lowest BCUT2D eigenvalue weighted by atomic mass is 10.1. The lowest BCUT2D eigenvalue weighted by Crippen LogP contribution is -2.41. The van der Waals surface area contributed by atoms with Crippen molar-refractivity contribution in [3.63, 3.8) is 0 Å². The van der Waals surface area contributed by atoms with Crippen LogP contribution in [0.25, 0.3) is 0 Å². The molecule has 0 rings (SSSR count). The Morgan fingerprint density at radius 3 is 2.36 bits per heavy atom. The van der Waals surface area contributed by atoms with Crippen molar-refractivity contribution in [1.29, 1.82) is 0 Å². The summed E-state index contributed by atoms with van der Waals surface area (Å²) in [5, 5.41) is 2.73. The van der Waals surface area contributed by atoms with E-state index in [1.54, 1.807) is 7.05 Å². The van der Waals surface area contributed by atoms with Crippen molar-refractivity contribution in [2.24, 2.45) is 5.73 Å². The zero-order chi connectivity index (χ0) is 8.85. The normalized spacial score (nSPS) is 12.5. The summed E-state index contributed by atoms with van der Waals surface area (Å²) >= 11 is 0. The second-order valence-electron chi connectivity index (χ2n) is 2.36. The summed E-state index contributed by atoms with van der Waals surface area (Å²) in [6.45, 7) is 1.94. The number of hydrogen-bond acceptors (Lipinski definition) is 3. The smallest absolute Gasteiger partial charge is 0.286 e. The molecule has 4 nitrogen and oxygen atoms in total. The summed E-state index contributed by atoms with van der Waals surface area (Å²) < 4.78 is 0. The number of hydrogen-bond donors (Lipinski definition) is 2. The second kappa shape index (κ2) is 4.85. The van der Waals surface area contributed by atoms with Gasteiger partial charge < -0.3 is 11.1 Å². The average molecular weight is 158 g/mol. The Morgan fingerprint density at radius 2 is 2.09 bits per heavy atom. The molecular formula is C7H14N2O2. The Morgan fingerprint density at radius 1 is 1.55 bits per heavy atom. The van der Waals surface area contributed by atoms with Crippen molar-refractivity contribution in [2.45, 2.75) is 25.8 Å². The maximum atomic E-state index is 10.9. The third-order valence-corrected chi connectivity index (χ3v) is 1.49. The molecule has 0 spiro atoms. The first-order chi connectivity index (χ1) is 5.13. The summed E-state index contributed by atoms with van der Waals surface area (Å²) in [4.78, 5) is 21.3. The van der Waals surface area contributed by atoms with Gasteiger partial charge in [0.1, 0.15) is 0 Å². The fourth-order valence-corrected chi connectivity index (χ4v) is 0.867. The molecular weight excluding hydrogens is 144 g/mol. The fraction of sp³-hybridized carbons (Fsp3) is 0.714. The van der Waals surface area contributed by atoms with Gasteiger partial charge in [0.15, 0.2) is 0 Å². The molecule has 1 atom stereocenters. The van der Waals surface area contributed by atoms with Gasteiger partial charge in [-0.3, -0.25) is 9.59 Å². The molecule has 0 aliphatic rings. The second-order valence-corrected chi connectivity index (χ2v) is 2.36. The summed E-state index contributed by atoms with van der Waals surface area (Å²) in [5.41, 5.74) is 4.81. The van der Waals surface area contributed by atoms with Gasteiger partial charge >= 0.3 is 0 Å². The molecule has 0 aromatic heterocycles. The maximum Gasteiger partial charge on any atom is 0.286 e. The summed E-state index contributed by atoms with van der Waals surface area (Å²) in [5.74, 6) is -1.40. The zero-order valence-corrected chi connectivity index (χ0v) is 6.89. The van der Waals surface area contributed by atoms with Crippen LogP contribution >= 0.6 is 0 Å². The van der Waals surface area contributed by atoms with Gasteiger partial charge in [0.25, 0.3) is 5.91 Å². The Hall–Kier alpha value is -0.900. The monoisotopic (exact) mass is 158 g/mol. The van der Waals surface area contributed by atoms with Crippen LogP contribution < -0.4 is 11.1 Å². The minimum absolute atomic E-state index is 0.405. The van der Waals surface area contributed by atoms with Gasteiger partial charge in [0, 0.05) is 0 Å². The van der Waals surface area contributed by atoms with Crippen LogP contribution in [0.5, 0.6) is 0 Å². The number of amides is 1. The molecule has 4 heteroatoms. The highest BCUT2D eigenvalue weighted by Gasteiger charge is 2.19. The molecule has 0 aliphatic heterocycles. The van der Waals surface area contributed by atoms with Crippen LogP contribution in [-0.2, 0) is 9.59 Å². The van der Waals surface area contributed by atoms with Crippen LogP contribution in [0.2, 0.25) is 0 Å². The van der Waals surface area contributed by atoms with Crippen LogP contribution in [0.1, 0.15) is 19.8 Å². The molecule has 0 saturated heterocycles. The van der Waals surface area contributed by atoms with Crippen molar-refractivity contribution < 1.29 is 9.59 Å². The largest absolute Gasteiger partial charge is 0.363 e. The van der Waals surface area contributed by atoms with Crippen LogP contribution in [0, 0.1) is 0 Å². The van der Waals surface area contributed by atoms with Crippen LogP contribution in [0.15, 0.2) is 0 Å². The SMILES string of the molecule is CCCC(NC)C(=O)C(N)=O. The summed E-state index contributed by atoms with van der Waals surface area (Å²) in [6.07, 6.45) is 1.50. The first-order valence-corrected chi connectivity index (χ1v) is 3.64. The molecule has 0 saturated carbocycles. The van der Waals surface area contributed by atoms with Crippen molar-refractivity contribution in [1.82, 2.24) is 5.32 Å². The van der Waals surface area contributed by atoms with E-state index in [1.165, 1.54) is 0 Å². The quantitative estimate of drug-likeness (QED) is 0.526. The highest BCUT2D eigenvalue weighted by molar-refractivity contribution is 6.37. The number of rotatable bonds is 5. The zero-order valence-electron chi connectivity index (χ0n) is 6.89. The standard InChI is InChI=1S/C7H14N2O2/c1-3-4-5(9-2)6(10)7(8)11/h5,9H,3-4H2,1-2H3,(H2,8,11). The van der Waals surface area contributed by atoms with Gasteiger partial charge in [-0.15, -0.1) is 0 Å². The van der Waals surface area contributed by atoms with Gasteiger partial charge in [-0.2, -0.15) is 0 Å². The minimum Gasteiger partial charge on any atom is -0.363 e. The molecule has 0 aromatic carbocycles. The fourth-order valence-electron chi connectivity index (χ4n) is 0.867. The van der Waals surface area contributed by atoms with Gasteiger partial charge in [-0.25, -0.2) is 0 Å². The molecule has 0 heterocycles. The number of primary amides is 1. The molecule has 3 N–H and O–H groups in total. The van der Waals surface area contributed by atoms with E-state index in [0.29, 0.717) is 6.42 Å². The molecule has 0 bridgehead atoms. The summed E-state index contributed by atoms with van der Waals surface area (Å²) in [6, 6.07) is -0.405. The van der Waals surface area contributed by atoms with E-state index in [1.807, 2.05) is 6.92 Å². The van der Waals surface area contributed by atoms with E-state index in [4.69, 9.17) is 5.73 Å². The van der Waals surface area contributed by atoms with E-state index >= 15 is 0 Å². The van der Waals surface area contributed by atoms with Crippen molar-refractivity contribution in [2.75, 3.05) is 7.05 Å². The molecule has 0 fully saturated rings. The van der Waals surface area contributed by atoms with Gasteiger partial charge in [0.05, 0.1) is 6.04 Å². The number of carbonyl (C=O) groups excluding carboxylic acids is 2. The Kier molecular flexibility index (Phi) is 4.45. The predicted molar refractivity (Wildman–Crippen MR) is 42.0 cm³/mol. The third-order valence-electron chi connectivity index (χ3n) is 1.49. The molecule has 0 aliphatic carbocycles. The molecule has 11 heavy (non-hydrogen) atoms. The predicted octanol–water partition coefficient (Wildman–Crippen LogP) is -0.571. The Balaban J connectivity index is 4.02. The number of likely N-dealkylation sites (N-methyl/N-ethyl adjacent to an activating group) is 1. The third kappa shape index (κ3) is 3.13. The van der Waals surface area contributed by atoms with Crippen molar-refractivity contribution in [3.8, 4) is 0 Å². The molecule has 1 amide bonds. The van der Waals surface area contributed by atoms with Gasteiger partial charge in [0.2, 0.25) is 5.78 Å². The lowest BCUT2D eigenvalue weighted by Gasteiger charge is -2.10. The van der Waals surface area contributed by atoms with Crippen molar-refractivity contribution >= 4 is 11.7 Å². The van der Waals surface area contributed by atoms with E-state index in [9.17, 15) is 9.59 Å². The average Bonchev–Trinajstić information content (AvgIpc) is 1.98. The molecule has 64 valence electrons. The first kappa shape index (κ1) is 10.1. The van der Waals surface area contributed by atoms with Crippen LogP contribution in [0.4, 0.5) is 0 Å². The maximum absolute atomic E-state index is 10.9. The summed E-state index contributed by atoms with van der Waals surface area (Å²) in [7, 11) is 1.64. The van der Waals surface area contributed by atoms with Gasteiger partial charge in [-0.1, -0.05) is 13.3 Å². The lowest BCUT2D eigenvalue weighted by molar-refractivity contribution is -0.137. The minimum atomic E-state index is -0.863. The number of Topliss-reactive ketones (excluding diaryl/α,β-unsaturated/α-hetero) is 1. The molecule has 1 unspecified atom stereocenters. The number of carbonyl (C=O) groups is 2. The van der Waals surface area contributed by atoms with E-state index < -0.39 is 17.7 Å². The van der Waals surface area contributed by atoms with Crippen LogP contribution in [-0.4, -0.2) is 24.8 Å². The highest BCUT2D eigenvalue weighted by atomic mass is 16.2. The van der Waals surface area contributed by atoms with Crippen molar-refractivity contribution in [3.05, 3.63) is 0 Å². The number of nitrogens with one attached hydrogen (secondary N) is 1. The first-order valence-electron chi connectivity index (χ1n) is 3.64. The number of ketones is 1. The molecule has 0 radical (unpaired) electrons. The Labute approximate surface area is 66.1 Å². The Bertz CT molecular complexity index is 157. The van der Waals surface area contributed by atoms with E-state index in [0.717, 1.165) is 6.42 Å². The number of nitrogens with two attached hydrogens (primary N) is 1. The van der Waals surface area contributed by atoms with E-state index in [-0.39, 0.29) is 0 Å². The highest BCUT2D eigenvalue weighted by Crippen LogP contribution is 1.96. The molecule has 0 aromatic rings. The topological polar surface area (TPSA) is 72.2 Å². The van der Waals surface area contributed by atoms with E-state index in [2.05, 4.69) is 5.32 Å². The van der Waals surface area contributed by atoms with Crippen LogP contribution in [0.3, 0.4) is 0 Å².